The molecule has 116 valence electrons. The van der Waals surface area contributed by atoms with Crippen LogP contribution in [0.2, 0.25) is 0 Å². The second kappa shape index (κ2) is 8.83. The van der Waals surface area contributed by atoms with Gasteiger partial charge in [0.05, 0.1) is 6.10 Å². The number of nitrogens with one attached hydrogen (secondary N) is 1. The van der Waals surface area contributed by atoms with Gasteiger partial charge in [0, 0.05) is 18.7 Å². The Morgan fingerprint density at radius 1 is 1.19 bits per heavy atom. The molecule has 1 amide bonds. The third kappa shape index (κ3) is 5.50. The van der Waals surface area contributed by atoms with Crippen molar-refractivity contribution in [2.75, 3.05) is 13.2 Å². The summed E-state index contributed by atoms with van der Waals surface area (Å²) >= 11 is 0. The maximum atomic E-state index is 12.0. The van der Waals surface area contributed by atoms with Crippen LogP contribution in [0.4, 0.5) is 0 Å². The van der Waals surface area contributed by atoms with Crippen molar-refractivity contribution in [2.45, 2.75) is 58.0 Å². The van der Waals surface area contributed by atoms with Gasteiger partial charge in [0.1, 0.15) is 0 Å². The van der Waals surface area contributed by atoms with Gasteiger partial charge < -0.3 is 10.1 Å². The Hall–Kier alpha value is -1.35. The van der Waals surface area contributed by atoms with E-state index in [1.54, 1.807) is 0 Å². The van der Waals surface area contributed by atoms with Crippen molar-refractivity contribution in [2.24, 2.45) is 0 Å². The highest BCUT2D eigenvalue weighted by molar-refractivity contribution is 5.94. The van der Waals surface area contributed by atoms with Crippen molar-refractivity contribution in [1.29, 1.82) is 0 Å². The Morgan fingerprint density at radius 2 is 1.90 bits per heavy atom. The van der Waals surface area contributed by atoms with Crippen LogP contribution in [-0.2, 0) is 11.2 Å². The summed E-state index contributed by atoms with van der Waals surface area (Å²) in [5.74, 6) is 0.00956. The molecule has 0 bridgehead atoms. The van der Waals surface area contributed by atoms with E-state index >= 15 is 0 Å². The van der Waals surface area contributed by atoms with Gasteiger partial charge in [-0.1, -0.05) is 38.3 Å². The average Bonchev–Trinajstić information content (AvgIpc) is 2.55. The Kier molecular flexibility index (Phi) is 6.74. The molecule has 0 aliphatic heterocycles. The minimum Gasteiger partial charge on any atom is -0.378 e. The van der Waals surface area contributed by atoms with E-state index in [2.05, 4.69) is 12.2 Å². The number of aryl methyl sites for hydroxylation is 1. The summed E-state index contributed by atoms with van der Waals surface area (Å²) < 4.78 is 5.85. The van der Waals surface area contributed by atoms with E-state index in [4.69, 9.17) is 4.74 Å². The Labute approximate surface area is 128 Å². The summed E-state index contributed by atoms with van der Waals surface area (Å²) in [5, 5.41) is 2.96. The van der Waals surface area contributed by atoms with E-state index in [0.29, 0.717) is 12.6 Å². The van der Waals surface area contributed by atoms with Gasteiger partial charge in [-0.15, -0.1) is 0 Å². The van der Waals surface area contributed by atoms with Crippen molar-refractivity contribution >= 4 is 5.91 Å². The fourth-order valence-corrected chi connectivity index (χ4v) is 2.75. The molecular formula is C18H27NO2. The summed E-state index contributed by atoms with van der Waals surface area (Å²) in [6.45, 7) is 3.54. The van der Waals surface area contributed by atoms with Gasteiger partial charge in [0.25, 0.3) is 5.91 Å². The molecular weight excluding hydrogens is 262 g/mol. The molecule has 0 spiro atoms. The number of carbonyl (C=O) groups excluding carboxylic acids is 1. The lowest BCUT2D eigenvalue weighted by Crippen LogP contribution is -2.26. The van der Waals surface area contributed by atoms with Gasteiger partial charge in [0.2, 0.25) is 0 Å². The smallest absolute Gasteiger partial charge is 0.251 e. The van der Waals surface area contributed by atoms with E-state index in [9.17, 15) is 4.79 Å². The van der Waals surface area contributed by atoms with Gasteiger partial charge in [-0.25, -0.2) is 0 Å². The zero-order chi connectivity index (χ0) is 14.9. The highest BCUT2D eigenvalue weighted by Crippen LogP contribution is 2.20. The summed E-state index contributed by atoms with van der Waals surface area (Å²) in [6, 6.07) is 7.82. The zero-order valence-corrected chi connectivity index (χ0v) is 13.1. The second-order valence-electron chi connectivity index (χ2n) is 5.79. The summed E-state index contributed by atoms with van der Waals surface area (Å²) in [6.07, 6.45) is 8.70. The molecule has 0 atom stereocenters. The molecule has 0 saturated heterocycles. The van der Waals surface area contributed by atoms with Crippen molar-refractivity contribution in [3.05, 3.63) is 35.4 Å². The lowest BCUT2D eigenvalue weighted by atomic mass is 9.98. The predicted octanol–water partition coefficient (Wildman–Crippen LogP) is 3.72. The lowest BCUT2D eigenvalue weighted by molar-refractivity contribution is 0.0273. The van der Waals surface area contributed by atoms with Gasteiger partial charge >= 0.3 is 0 Å². The monoisotopic (exact) mass is 289 g/mol. The summed E-state index contributed by atoms with van der Waals surface area (Å²) in [7, 11) is 0. The first-order chi connectivity index (χ1) is 10.3. The third-order valence-corrected chi connectivity index (χ3v) is 4.14. The van der Waals surface area contributed by atoms with Crippen molar-refractivity contribution in [1.82, 2.24) is 5.32 Å². The number of amides is 1. The quantitative estimate of drug-likeness (QED) is 0.777. The predicted molar refractivity (Wildman–Crippen MR) is 85.6 cm³/mol. The number of hydrogen-bond acceptors (Lipinski definition) is 2. The average molecular weight is 289 g/mol. The normalized spacial score (nSPS) is 15.9. The van der Waals surface area contributed by atoms with Crippen LogP contribution in [0.1, 0.15) is 61.4 Å². The van der Waals surface area contributed by atoms with Crippen LogP contribution < -0.4 is 5.32 Å². The molecule has 0 unspecified atom stereocenters. The van der Waals surface area contributed by atoms with Gasteiger partial charge in [-0.05, 0) is 43.4 Å². The molecule has 1 N–H and O–H groups in total. The number of rotatable bonds is 7. The van der Waals surface area contributed by atoms with Crippen LogP contribution in [0.5, 0.6) is 0 Å². The van der Waals surface area contributed by atoms with E-state index < -0.39 is 0 Å². The van der Waals surface area contributed by atoms with Gasteiger partial charge in [0.15, 0.2) is 0 Å². The van der Waals surface area contributed by atoms with Crippen LogP contribution in [-0.4, -0.2) is 25.2 Å². The van der Waals surface area contributed by atoms with E-state index in [0.717, 1.165) is 25.0 Å². The fraction of sp³-hybridized carbons (Fsp3) is 0.611. The molecule has 3 heteroatoms. The third-order valence-electron chi connectivity index (χ3n) is 4.14. The summed E-state index contributed by atoms with van der Waals surface area (Å²) in [4.78, 5) is 12.0. The molecule has 1 aromatic carbocycles. The van der Waals surface area contributed by atoms with Crippen LogP contribution >= 0.6 is 0 Å². The van der Waals surface area contributed by atoms with Crippen molar-refractivity contribution in [3.8, 4) is 0 Å². The minimum absolute atomic E-state index is 0.00956. The molecule has 1 aliphatic rings. The highest BCUT2D eigenvalue weighted by atomic mass is 16.5. The Morgan fingerprint density at radius 3 is 2.57 bits per heavy atom. The van der Waals surface area contributed by atoms with Gasteiger partial charge in [-0.2, -0.15) is 0 Å². The number of hydrogen-bond donors (Lipinski definition) is 1. The molecule has 1 fully saturated rings. The van der Waals surface area contributed by atoms with Crippen molar-refractivity contribution < 1.29 is 9.53 Å². The molecule has 1 aromatic rings. The summed E-state index contributed by atoms with van der Waals surface area (Å²) in [5.41, 5.74) is 1.99. The standard InChI is InChI=1S/C18H27NO2/c1-2-15-9-11-16(12-10-15)18(20)19-13-6-14-21-17-7-4-3-5-8-17/h9-12,17H,2-8,13-14H2,1H3,(H,19,20). The van der Waals surface area contributed by atoms with Gasteiger partial charge in [-0.3, -0.25) is 4.79 Å². The van der Waals surface area contributed by atoms with Crippen LogP contribution in [0.25, 0.3) is 0 Å². The maximum Gasteiger partial charge on any atom is 0.251 e. The number of carbonyl (C=O) groups is 1. The maximum absolute atomic E-state index is 12.0. The van der Waals surface area contributed by atoms with Crippen molar-refractivity contribution in [3.63, 3.8) is 0 Å². The highest BCUT2D eigenvalue weighted by Gasteiger charge is 2.13. The van der Waals surface area contributed by atoms with E-state index in [1.165, 1.54) is 37.7 Å². The molecule has 0 radical (unpaired) electrons. The second-order valence-corrected chi connectivity index (χ2v) is 5.79. The largest absolute Gasteiger partial charge is 0.378 e. The molecule has 2 rings (SSSR count). The van der Waals surface area contributed by atoms with Crippen LogP contribution in [0, 0.1) is 0 Å². The molecule has 0 aromatic heterocycles. The topological polar surface area (TPSA) is 38.3 Å². The first-order valence-corrected chi connectivity index (χ1v) is 8.28. The fourth-order valence-electron chi connectivity index (χ4n) is 2.75. The van der Waals surface area contributed by atoms with E-state index in [-0.39, 0.29) is 5.91 Å². The SMILES string of the molecule is CCc1ccc(C(=O)NCCCOC2CCCCC2)cc1. The lowest BCUT2D eigenvalue weighted by Gasteiger charge is -2.21. The number of benzene rings is 1. The van der Waals surface area contributed by atoms with Crippen LogP contribution in [0.15, 0.2) is 24.3 Å². The Balaban J connectivity index is 1.60. The first kappa shape index (κ1) is 16.0. The van der Waals surface area contributed by atoms with E-state index in [1.807, 2.05) is 24.3 Å². The zero-order valence-electron chi connectivity index (χ0n) is 13.1. The molecule has 21 heavy (non-hydrogen) atoms. The molecule has 3 nitrogen and oxygen atoms in total. The minimum atomic E-state index is 0.00956. The van der Waals surface area contributed by atoms with Crippen LogP contribution in [0.3, 0.4) is 0 Å². The number of ether oxygens (including phenoxy) is 1. The molecule has 1 aliphatic carbocycles. The molecule has 0 heterocycles. The molecule has 1 saturated carbocycles. The Bertz CT molecular complexity index is 421. The first-order valence-electron chi connectivity index (χ1n) is 8.28.